The van der Waals surface area contributed by atoms with Crippen molar-refractivity contribution in [3.8, 4) is 0 Å². The Morgan fingerprint density at radius 2 is 2.50 bits per heavy atom. The molecule has 1 aromatic heterocycles. The Kier molecular flexibility index (Phi) is 2.32. The van der Waals surface area contributed by atoms with Gasteiger partial charge in [-0.2, -0.15) is 5.10 Å². The lowest BCUT2D eigenvalue weighted by molar-refractivity contribution is 1.08. The first-order chi connectivity index (χ1) is 5.95. The molecular weight excluding hydrogens is 168 g/mol. The number of rotatable bonds is 2. The summed E-state index contributed by atoms with van der Waals surface area (Å²) in [5, 5.41) is 6.75. The van der Waals surface area contributed by atoms with Gasteiger partial charge < -0.3 is 0 Å². The highest BCUT2D eigenvalue weighted by atomic mass is 32.2. The largest absolute Gasteiger partial charge is 0.278 e. The number of aromatic nitrogens is 2. The van der Waals surface area contributed by atoms with Crippen LogP contribution in [-0.2, 0) is 0 Å². The van der Waals surface area contributed by atoms with Crippen molar-refractivity contribution in [2.45, 2.75) is 6.42 Å². The predicted molar refractivity (Wildman–Crippen MR) is 52.8 cm³/mol. The second-order valence-electron chi connectivity index (χ2n) is 2.59. The van der Waals surface area contributed by atoms with Gasteiger partial charge in [-0.3, -0.25) is 5.10 Å². The average molecular weight is 178 g/mol. The van der Waals surface area contributed by atoms with Crippen LogP contribution in [0, 0.1) is 0 Å². The number of aromatic amines is 1. The van der Waals surface area contributed by atoms with Gasteiger partial charge >= 0.3 is 0 Å². The van der Waals surface area contributed by atoms with Crippen molar-refractivity contribution < 1.29 is 0 Å². The monoisotopic (exact) mass is 178 g/mol. The molecule has 62 valence electrons. The molecule has 0 aromatic carbocycles. The van der Waals surface area contributed by atoms with Gasteiger partial charge in [-0.05, 0) is 24.6 Å². The molecule has 12 heavy (non-hydrogen) atoms. The summed E-state index contributed by atoms with van der Waals surface area (Å²) in [5.41, 5.74) is 1.06. The molecule has 0 bridgehead atoms. The van der Waals surface area contributed by atoms with Crippen LogP contribution in [0.2, 0.25) is 0 Å². The molecule has 1 aromatic rings. The second kappa shape index (κ2) is 3.63. The van der Waals surface area contributed by atoms with Gasteiger partial charge in [0.2, 0.25) is 0 Å². The normalized spacial score (nSPS) is 17.2. The molecule has 0 radical (unpaired) electrons. The Labute approximate surface area is 75.8 Å². The minimum absolute atomic E-state index is 1.06. The van der Waals surface area contributed by atoms with Gasteiger partial charge in [-0.25, -0.2) is 0 Å². The highest BCUT2D eigenvalue weighted by molar-refractivity contribution is 8.03. The molecule has 2 rings (SSSR count). The summed E-state index contributed by atoms with van der Waals surface area (Å²) in [6, 6.07) is 1.96. The smallest absolute Gasteiger partial charge is 0.0578 e. The van der Waals surface area contributed by atoms with Crippen LogP contribution in [-0.4, -0.2) is 16.0 Å². The lowest BCUT2D eigenvalue weighted by Crippen LogP contribution is -1.70. The lowest BCUT2D eigenvalue weighted by atomic mass is 10.3. The summed E-state index contributed by atoms with van der Waals surface area (Å²) in [7, 11) is 0. The highest BCUT2D eigenvalue weighted by Crippen LogP contribution is 2.25. The first kappa shape index (κ1) is 7.68. The molecule has 3 heteroatoms. The number of allylic oxidation sites excluding steroid dienone is 2. The summed E-state index contributed by atoms with van der Waals surface area (Å²) in [5.74, 6) is 1.22. The lowest BCUT2D eigenvalue weighted by Gasteiger charge is -1.88. The number of H-pyrrole nitrogens is 1. The van der Waals surface area contributed by atoms with Crippen LogP contribution in [0.4, 0.5) is 0 Å². The molecular formula is C9H10N2S. The molecule has 2 nitrogen and oxygen atoms in total. The second-order valence-corrected chi connectivity index (χ2v) is 3.76. The van der Waals surface area contributed by atoms with E-state index in [2.05, 4.69) is 28.4 Å². The SMILES string of the molecule is C(=Cc1ccn[nH]1)C1=CCCS1. The zero-order chi connectivity index (χ0) is 8.23. The fourth-order valence-corrected chi connectivity index (χ4v) is 1.96. The van der Waals surface area contributed by atoms with Crippen LogP contribution in [0.3, 0.4) is 0 Å². The van der Waals surface area contributed by atoms with Gasteiger partial charge in [-0.15, -0.1) is 11.8 Å². The zero-order valence-electron chi connectivity index (χ0n) is 6.66. The Morgan fingerprint density at radius 3 is 3.17 bits per heavy atom. The molecule has 0 fully saturated rings. The summed E-state index contributed by atoms with van der Waals surface area (Å²) >= 11 is 1.90. The number of nitrogens with zero attached hydrogens (tertiary/aromatic N) is 1. The number of thioether (sulfide) groups is 1. The first-order valence-corrected chi connectivity index (χ1v) is 4.94. The van der Waals surface area contributed by atoms with E-state index < -0.39 is 0 Å². The molecule has 0 amide bonds. The summed E-state index contributed by atoms with van der Waals surface area (Å²) in [6.07, 6.45) is 9.41. The van der Waals surface area contributed by atoms with Crippen LogP contribution in [0.15, 0.2) is 29.3 Å². The quantitative estimate of drug-likeness (QED) is 0.753. The van der Waals surface area contributed by atoms with Gasteiger partial charge in [0.15, 0.2) is 0 Å². The Morgan fingerprint density at radius 1 is 1.50 bits per heavy atom. The highest BCUT2D eigenvalue weighted by Gasteiger charge is 2.00. The maximum atomic E-state index is 3.86. The molecule has 0 atom stereocenters. The van der Waals surface area contributed by atoms with Crippen LogP contribution in [0.25, 0.3) is 6.08 Å². The summed E-state index contributed by atoms with van der Waals surface area (Å²) in [4.78, 5) is 1.37. The Hall–Kier alpha value is -0.960. The maximum absolute atomic E-state index is 3.86. The number of hydrogen-bond donors (Lipinski definition) is 1. The minimum atomic E-state index is 1.06. The molecule has 1 aliphatic rings. The molecule has 0 saturated carbocycles. The van der Waals surface area contributed by atoms with E-state index in [1.165, 1.54) is 17.1 Å². The molecule has 2 heterocycles. The summed E-state index contributed by atoms with van der Waals surface area (Å²) in [6.45, 7) is 0. The van der Waals surface area contributed by atoms with Gasteiger partial charge in [0.1, 0.15) is 0 Å². The third-order valence-corrected chi connectivity index (χ3v) is 2.76. The first-order valence-electron chi connectivity index (χ1n) is 3.95. The van der Waals surface area contributed by atoms with Crippen LogP contribution < -0.4 is 0 Å². The van der Waals surface area contributed by atoms with Crippen molar-refractivity contribution in [2.75, 3.05) is 5.75 Å². The molecule has 0 saturated heterocycles. The average Bonchev–Trinajstić information content (AvgIpc) is 2.74. The van der Waals surface area contributed by atoms with Crippen molar-refractivity contribution >= 4 is 17.8 Å². The standard InChI is InChI=1S/C9H10N2S/c1-2-9(12-7-1)4-3-8-5-6-10-11-8/h2-6H,1,7H2,(H,10,11). The van der Waals surface area contributed by atoms with E-state index in [0.717, 1.165) is 5.69 Å². The zero-order valence-corrected chi connectivity index (χ0v) is 7.47. The third-order valence-electron chi connectivity index (χ3n) is 1.68. The van der Waals surface area contributed by atoms with E-state index in [4.69, 9.17) is 0 Å². The fourth-order valence-electron chi connectivity index (χ4n) is 1.08. The van der Waals surface area contributed by atoms with Crippen molar-refractivity contribution in [1.29, 1.82) is 0 Å². The molecule has 1 aliphatic heterocycles. The summed E-state index contributed by atoms with van der Waals surface area (Å²) < 4.78 is 0. The molecule has 1 N–H and O–H groups in total. The van der Waals surface area contributed by atoms with Crippen LogP contribution in [0.1, 0.15) is 12.1 Å². The van der Waals surface area contributed by atoms with Crippen molar-refractivity contribution in [2.24, 2.45) is 0 Å². The Balaban J connectivity index is 2.02. The molecule has 0 aliphatic carbocycles. The van der Waals surface area contributed by atoms with Gasteiger partial charge in [-0.1, -0.05) is 6.08 Å². The van der Waals surface area contributed by atoms with E-state index in [9.17, 15) is 0 Å². The van der Waals surface area contributed by atoms with Gasteiger partial charge in [0, 0.05) is 16.9 Å². The minimum Gasteiger partial charge on any atom is -0.278 e. The topological polar surface area (TPSA) is 28.7 Å². The van der Waals surface area contributed by atoms with Crippen molar-refractivity contribution in [1.82, 2.24) is 10.2 Å². The Bertz CT molecular complexity index is 298. The predicted octanol–water partition coefficient (Wildman–Crippen LogP) is 2.44. The maximum Gasteiger partial charge on any atom is 0.0578 e. The van der Waals surface area contributed by atoms with Gasteiger partial charge in [0.25, 0.3) is 0 Å². The van der Waals surface area contributed by atoms with Crippen LogP contribution in [0.5, 0.6) is 0 Å². The van der Waals surface area contributed by atoms with Crippen molar-refractivity contribution in [3.05, 3.63) is 35.0 Å². The van der Waals surface area contributed by atoms with E-state index >= 15 is 0 Å². The van der Waals surface area contributed by atoms with Crippen LogP contribution >= 0.6 is 11.8 Å². The van der Waals surface area contributed by atoms with E-state index in [1.807, 2.05) is 17.8 Å². The molecule has 0 unspecified atom stereocenters. The number of nitrogens with one attached hydrogen (secondary N) is 1. The van der Waals surface area contributed by atoms with E-state index in [1.54, 1.807) is 6.20 Å². The van der Waals surface area contributed by atoms with Gasteiger partial charge in [0.05, 0.1) is 5.69 Å². The third kappa shape index (κ3) is 1.80. The molecule has 0 spiro atoms. The number of hydrogen-bond acceptors (Lipinski definition) is 2. The fraction of sp³-hybridized carbons (Fsp3) is 0.222. The van der Waals surface area contributed by atoms with E-state index in [0.29, 0.717) is 0 Å². The van der Waals surface area contributed by atoms with E-state index in [-0.39, 0.29) is 0 Å². The van der Waals surface area contributed by atoms with Crippen molar-refractivity contribution in [3.63, 3.8) is 0 Å².